The van der Waals surface area contributed by atoms with Gasteiger partial charge < -0.3 is 4.42 Å². The van der Waals surface area contributed by atoms with E-state index in [-0.39, 0.29) is 0 Å². The molecule has 0 N–H and O–H groups in total. The molecule has 0 fully saturated rings. The number of hydrogen-bond donors (Lipinski definition) is 0. The summed E-state index contributed by atoms with van der Waals surface area (Å²) in [4.78, 5) is 14.9. The van der Waals surface area contributed by atoms with Gasteiger partial charge in [0.05, 0.1) is 0 Å². The van der Waals surface area contributed by atoms with Gasteiger partial charge in [-0.25, -0.2) is 15.0 Å². The Morgan fingerprint density at radius 1 is 0.474 bits per heavy atom. The van der Waals surface area contributed by atoms with Crippen LogP contribution in [0.4, 0.5) is 0 Å². The molecule has 0 aliphatic heterocycles. The van der Waals surface area contributed by atoms with Gasteiger partial charge in [0.25, 0.3) is 0 Å². The summed E-state index contributed by atoms with van der Waals surface area (Å²) in [6, 6.07) is 40.2. The minimum Gasteiger partial charge on any atom is -0.456 e. The van der Waals surface area contributed by atoms with Crippen LogP contribution in [0.5, 0.6) is 0 Å². The van der Waals surface area contributed by atoms with Crippen molar-refractivity contribution in [1.29, 1.82) is 0 Å². The molecule has 2 aromatic heterocycles. The van der Waals surface area contributed by atoms with Crippen LogP contribution in [-0.4, -0.2) is 15.0 Å². The molecule has 0 saturated carbocycles. The van der Waals surface area contributed by atoms with E-state index < -0.39 is 0 Å². The first-order chi connectivity index (χ1) is 18.7. The molecule has 0 aliphatic carbocycles. The van der Waals surface area contributed by atoms with Gasteiger partial charge in [-0.3, -0.25) is 0 Å². The monoisotopic (exact) mass is 509 g/mol. The van der Waals surface area contributed by atoms with Crippen molar-refractivity contribution in [1.82, 2.24) is 15.0 Å². The van der Waals surface area contributed by atoms with E-state index in [1.807, 2.05) is 97.1 Å². The Morgan fingerprint density at radius 2 is 1.11 bits per heavy atom. The molecular formula is C33H20ClN3O. The molecule has 0 aliphatic rings. The van der Waals surface area contributed by atoms with Crippen molar-refractivity contribution >= 4 is 33.5 Å². The van der Waals surface area contributed by atoms with Crippen molar-refractivity contribution in [3.05, 3.63) is 126 Å². The lowest BCUT2D eigenvalue weighted by Gasteiger charge is -2.10. The highest BCUT2D eigenvalue weighted by Gasteiger charge is 2.18. The molecule has 5 aromatic carbocycles. The van der Waals surface area contributed by atoms with E-state index in [9.17, 15) is 0 Å². The molecule has 180 valence electrons. The molecule has 0 unspecified atom stereocenters. The first-order valence-corrected chi connectivity index (χ1v) is 12.7. The maximum Gasteiger partial charge on any atom is 0.164 e. The fourth-order valence-electron chi connectivity index (χ4n) is 4.80. The SMILES string of the molecule is Clc1ccc2c(c1)oc1cccc(-c3nc(-c4ccccc4)nc(-c4cccc(-c5ccccc5)c4)n3)c12. The van der Waals surface area contributed by atoms with Crippen molar-refractivity contribution in [2.75, 3.05) is 0 Å². The van der Waals surface area contributed by atoms with E-state index in [1.54, 1.807) is 0 Å². The number of aromatic nitrogens is 3. The molecule has 38 heavy (non-hydrogen) atoms. The first-order valence-electron chi connectivity index (χ1n) is 12.3. The number of benzene rings is 5. The zero-order valence-corrected chi connectivity index (χ0v) is 20.9. The van der Waals surface area contributed by atoms with Crippen molar-refractivity contribution in [2.45, 2.75) is 0 Å². The van der Waals surface area contributed by atoms with Gasteiger partial charge in [-0.15, -0.1) is 0 Å². The Kier molecular flexibility index (Phi) is 5.46. The molecule has 0 saturated heterocycles. The second-order valence-corrected chi connectivity index (χ2v) is 9.48. The maximum absolute atomic E-state index is 6.24. The number of furan rings is 1. The summed E-state index contributed by atoms with van der Waals surface area (Å²) in [5.41, 5.74) is 6.45. The number of halogens is 1. The van der Waals surface area contributed by atoms with Crippen molar-refractivity contribution in [2.24, 2.45) is 0 Å². The first kappa shape index (κ1) is 22.4. The van der Waals surface area contributed by atoms with Crippen LogP contribution < -0.4 is 0 Å². The van der Waals surface area contributed by atoms with Gasteiger partial charge in [0.1, 0.15) is 11.2 Å². The summed E-state index contributed by atoms with van der Waals surface area (Å²) >= 11 is 6.24. The predicted octanol–water partition coefficient (Wildman–Crippen LogP) is 9.09. The largest absolute Gasteiger partial charge is 0.456 e. The highest BCUT2D eigenvalue weighted by molar-refractivity contribution is 6.31. The summed E-state index contributed by atoms with van der Waals surface area (Å²) in [6.07, 6.45) is 0. The lowest BCUT2D eigenvalue weighted by molar-refractivity contribution is 0.669. The molecule has 7 rings (SSSR count). The lowest BCUT2D eigenvalue weighted by Crippen LogP contribution is -2.00. The summed E-state index contributed by atoms with van der Waals surface area (Å²) in [7, 11) is 0. The molecule has 0 atom stereocenters. The Balaban J connectivity index is 1.47. The van der Waals surface area contributed by atoms with Crippen LogP contribution >= 0.6 is 11.6 Å². The summed E-state index contributed by atoms with van der Waals surface area (Å²) in [6.45, 7) is 0. The van der Waals surface area contributed by atoms with E-state index >= 15 is 0 Å². The zero-order valence-electron chi connectivity index (χ0n) is 20.2. The predicted molar refractivity (Wildman–Crippen MR) is 154 cm³/mol. The molecule has 0 spiro atoms. The van der Waals surface area contributed by atoms with Crippen molar-refractivity contribution < 1.29 is 4.42 Å². The fourth-order valence-corrected chi connectivity index (χ4v) is 4.96. The third-order valence-corrected chi connectivity index (χ3v) is 6.83. The van der Waals surface area contributed by atoms with Crippen LogP contribution in [0.1, 0.15) is 0 Å². The molecule has 2 heterocycles. The average molecular weight is 510 g/mol. The van der Waals surface area contributed by atoms with Crippen LogP contribution in [0, 0.1) is 0 Å². The fraction of sp³-hybridized carbons (Fsp3) is 0. The van der Waals surface area contributed by atoms with Crippen molar-refractivity contribution in [3.63, 3.8) is 0 Å². The van der Waals surface area contributed by atoms with Crippen LogP contribution in [0.3, 0.4) is 0 Å². The normalized spacial score (nSPS) is 11.3. The third-order valence-electron chi connectivity index (χ3n) is 6.60. The van der Waals surface area contributed by atoms with E-state index in [1.165, 1.54) is 0 Å². The van der Waals surface area contributed by atoms with Gasteiger partial charge in [-0.1, -0.05) is 103 Å². The van der Waals surface area contributed by atoms with Gasteiger partial charge in [0.2, 0.25) is 0 Å². The summed E-state index contributed by atoms with van der Waals surface area (Å²) in [5, 5.41) is 2.55. The smallest absolute Gasteiger partial charge is 0.164 e. The van der Waals surface area contributed by atoms with Gasteiger partial charge >= 0.3 is 0 Å². The van der Waals surface area contributed by atoms with Gasteiger partial charge in [-0.05, 0) is 35.4 Å². The standard InChI is InChI=1S/C33H20ClN3O/c34-25-17-18-26-29(20-25)38-28-16-8-15-27(30(26)28)33-36-31(22-11-5-2-6-12-22)35-32(37-33)24-14-7-13-23(19-24)21-9-3-1-4-10-21/h1-20H. The molecule has 0 radical (unpaired) electrons. The molecule has 7 aromatic rings. The van der Waals surface area contributed by atoms with Crippen LogP contribution in [0.2, 0.25) is 5.02 Å². The van der Waals surface area contributed by atoms with Crippen LogP contribution in [-0.2, 0) is 0 Å². The lowest BCUT2D eigenvalue weighted by atomic mass is 10.0. The van der Waals surface area contributed by atoms with Gasteiger partial charge in [0, 0.05) is 38.6 Å². The van der Waals surface area contributed by atoms with E-state index in [0.29, 0.717) is 22.5 Å². The van der Waals surface area contributed by atoms with Crippen LogP contribution in [0.25, 0.3) is 67.2 Å². The Labute approximate surface area is 224 Å². The average Bonchev–Trinajstić information content (AvgIpc) is 3.35. The molecule has 0 amide bonds. The molecule has 4 nitrogen and oxygen atoms in total. The van der Waals surface area contributed by atoms with E-state index in [4.69, 9.17) is 31.0 Å². The van der Waals surface area contributed by atoms with Crippen LogP contribution in [0.15, 0.2) is 126 Å². The second kappa shape index (κ2) is 9.25. The van der Waals surface area contributed by atoms with Gasteiger partial charge in [-0.2, -0.15) is 0 Å². The Morgan fingerprint density at radius 3 is 1.89 bits per heavy atom. The third kappa shape index (κ3) is 4.01. The highest BCUT2D eigenvalue weighted by Crippen LogP contribution is 2.37. The zero-order chi connectivity index (χ0) is 25.5. The van der Waals surface area contributed by atoms with E-state index in [0.717, 1.165) is 49.8 Å². The van der Waals surface area contributed by atoms with Gasteiger partial charge in [0.15, 0.2) is 17.5 Å². The highest BCUT2D eigenvalue weighted by atomic mass is 35.5. The maximum atomic E-state index is 6.24. The molecular weight excluding hydrogens is 490 g/mol. The minimum atomic E-state index is 0.585. The molecule has 0 bridgehead atoms. The quantitative estimate of drug-likeness (QED) is 0.237. The summed E-state index contributed by atoms with van der Waals surface area (Å²) < 4.78 is 6.13. The minimum absolute atomic E-state index is 0.585. The Bertz CT molecular complexity index is 1930. The number of rotatable bonds is 4. The number of hydrogen-bond acceptors (Lipinski definition) is 4. The van der Waals surface area contributed by atoms with Crippen molar-refractivity contribution in [3.8, 4) is 45.3 Å². The topological polar surface area (TPSA) is 51.8 Å². The number of nitrogens with zero attached hydrogens (tertiary/aromatic N) is 3. The number of fused-ring (bicyclic) bond motifs is 3. The molecule has 5 heteroatoms. The van der Waals surface area contributed by atoms with E-state index in [2.05, 4.69) is 24.3 Å². The Hall–Kier alpha value is -4.80. The second-order valence-electron chi connectivity index (χ2n) is 9.04. The summed E-state index contributed by atoms with van der Waals surface area (Å²) in [5.74, 6) is 1.81.